The SMILES string of the molecule is CCS(=O)(=O)c1cccc(Nc2cc(Nc3ccc(C(=O)NCCOC)cc3)ncn2)c1. The molecule has 0 bridgehead atoms. The Balaban J connectivity index is 1.67. The third kappa shape index (κ3) is 6.25. The maximum absolute atomic E-state index is 12.1. The summed E-state index contributed by atoms with van der Waals surface area (Å²) in [6.07, 6.45) is 1.40. The minimum absolute atomic E-state index is 0.0334. The molecule has 0 spiro atoms. The van der Waals surface area contributed by atoms with E-state index in [1.807, 2.05) is 0 Å². The molecule has 32 heavy (non-hydrogen) atoms. The zero-order valence-corrected chi connectivity index (χ0v) is 18.6. The molecule has 0 saturated carbocycles. The minimum Gasteiger partial charge on any atom is -0.383 e. The first-order valence-electron chi connectivity index (χ1n) is 9.97. The molecular formula is C22H25N5O4S. The van der Waals surface area contributed by atoms with Crippen LogP contribution in [0.3, 0.4) is 0 Å². The Hall–Kier alpha value is -3.50. The molecule has 1 aromatic heterocycles. The molecule has 0 aliphatic carbocycles. The van der Waals surface area contributed by atoms with Crippen LogP contribution in [-0.2, 0) is 14.6 Å². The Morgan fingerprint density at radius 2 is 1.66 bits per heavy atom. The van der Waals surface area contributed by atoms with Crippen LogP contribution in [0.4, 0.5) is 23.0 Å². The number of anilines is 4. The average Bonchev–Trinajstić information content (AvgIpc) is 2.80. The van der Waals surface area contributed by atoms with Gasteiger partial charge in [-0.3, -0.25) is 4.79 Å². The third-order valence-electron chi connectivity index (χ3n) is 4.52. The second-order valence-electron chi connectivity index (χ2n) is 6.80. The van der Waals surface area contributed by atoms with Gasteiger partial charge in [-0.1, -0.05) is 13.0 Å². The lowest BCUT2D eigenvalue weighted by Crippen LogP contribution is -2.26. The van der Waals surface area contributed by atoms with E-state index in [1.54, 1.807) is 68.6 Å². The van der Waals surface area contributed by atoms with Gasteiger partial charge in [0.25, 0.3) is 5.91 Å². The van der Waals surface area contributed by atoms with Gasteiger partial charge in [0, 0.05) is 36.7 Å². The van der Waals surface area contributed by atoms with Gasteiger partial charge in [-0.05, 0) is 42.5 Å². The van der Waals surface area contributed by atoms with E-state index >= 15 is 0 Å². The lowest BCUT2D eigenvalue weighted by molar-refractivity contribution is 0.0937. The normalized spacial score (nSPS) is 11.1. The van der Waals surface area contributed by atoms with Gasteiger partial charge in [0.2, 0.25) is 0 Å². The monoisotopic (exact) mass is 455 g/mol. The van der Waals surface area contributed by atoms with Gasteiger partial charge < -0.3 is 20.7 Å². The number of ether oxygens (including phenoxy) is 1. The van der Waals surface area contributed by atoms with Gasteiger partial charge >= 0.3 is 0 Å². The van der Waals surface area contributed by atoms with Crippen LogP contribution in [0.1, 0.15) is 17.3 Å². The summed E-state index contributed by atoms with van der Waals surface area (Å²) in [5.74, 6) is 0.903. The van der Waals surface area contributed by atoms with Crippen molar-refractivity contribution in [3.8, 4) is 0 Å². The predicted octanol–water partition coefficient (Wildman–Crippen LogP) is 3.13. The second kappa shape index (κ2) is 10.7. The molecule has 0 radical (unpaired) electrons. The van der Waals surface area contributed by atoms with E-state index in [0.717, 1.165) is 5.69 Å². The van der Waals surface area contributed by atoms with Crippen molar-refractivity contribution in [1.82, 2.24) is 15.3 Å². The fourth-order valence-corrected chi connectivity index (χ4v) is 3.72. The minimum atomic E-state index is -3.30. The van der Waals surface area contributed by atoms with Crippen LogP contribution in [0.5, 0.6) is 0 Å². The Morgan fingerprint density at radius 1 is 0.969 bits per heavy atom. The van der Waals surface area contributed by atoms with E-state index in [1.165, 1.54) is 6.33 Å². The Labute approximate surface area is 187 Å². The highest BCUT2D eigenvalue weighted by atomic mass is 32.2. The van der Waals surface area contributed by atoms with Gasteiger partial charge in [-0.15, -0.1) is 0 Å². The number of aromatic nitrogens is 2. The van der Waals surface area contributed by atoms with Crippen LogP contribution in [0, 0.1) is 0 Å². The number of amides is 1. The number of methoxy groups -OCH3 is 1. The number of hydrogen-bond acceptors (Lipinski definition) is 8. The molecule has 9 nitrogen and oxygen atoms in total. The molecule has 1 amide bonds. The van der Waals surface area contributed by atoms with Crippen molar-refractivity contribution in [3.63, 3.8) is 0 Å². The van der Waals surface area contributed by atoms with Crippen molar-refractivity contribution in [1.29, 1.82) is 0 Å². The van der Waals surface area contributed by atoms with E-state index in [0.29, 0.717) is 36.0 Å². The van der Waals surface area contributed by atoms with Crippen LogP contribution in [-0.4, -0.2) is 50.3 Å². The summed E-state index contributed by atoms with van der Waals surface area (Å²) < 4.78 is 29.1. The lowest BCUT2D eigenvalue weighted by Gasteiger charge is -2.10. The average molecular weight is 456 g/mol. The molecule has 0 aliphatic heterocycles. The van der Waals surface area contributed by atoms with Gasteiger partial charge in [0.05, 0.1) is 17.3 Å². The van der Waals surface area contributed by atoms with E-state index in [2.05, 4.69) is 25.9 Å². The lowest BCUT2D eigenvalue weighted by atomic mass is 10.2. The second-order valence-corrected chi connectivity index (χ2v) is 9.07. The van der Waals surface area contributed by atoms with Gasteiger partial charge in [-0.2, -0.15) is 0 Å². The Kier molecular flexibility index (Phi) is 7.74. The number of rotatable bonds is 10. The first kappa shape index (κ1) is 23.2. The topological polar surface area (TPSA) is 122 Å². The Morgan fingerprint density at radius 3 is 2.31 bits per heavy atom. The fraction of sp³-hybridized carbons (Fsp3) is 0.227. The smallest absolute Gasteiger partial charge is 0.251 e. The third-order valence-corrected chi connectivity index (χ3v) is 6.26. The number of hydrogen-bond donors (Lipinski definition) is 3. The van der Waals surface area contributed by atoms with E-state index in [9.17, 15) is 13.2 Å². The summed E-state index contributed by atoms with van der Waals surface area (Å²) in [6.45, 7) is 2.51. The van der Waals surface area contributed by atoms with Crippen LogP contribution in [0.15, 0.2) is 65.8 Å². The predicted molar refractivity (Wildman–Crippen MR) is 123 cm³/mol. The summed E-state index contributed by atoms with van der Waals surface area (Å²) in [6, 6.07) is 15.3. The van der Waals surface area contributed by atoms with Gasteiger partial charge in [0.1, 0.15) is 18.0 Å². The highest BCUT2D eigenvalue weighted by molar-refractivity contribution is 7.91. The quantitative estimate of drug-likeness (QED) is 0.399. The number of benzene rings is 2. The summed E-state index contributed by atoms with van der Waals surface area (Å²) >= 11 is 0. The standard InChI is InChI=1S/C22H25N5O4S/c1-3-32(29,30)19-6-4-5-18(13-19)27-21-14-20(24-15-25-21)26-17-9-7-16(8-10-17)22(28)23-11-12-31-2/h4-10,13-15H,3,11-12H2,1-2H3,(H,23,28)(H2,24,25,26,27). The maximum atomic E-state index is 12.1. The number of nitrogens with zero attached hydrogens (tertiary/aromatic N) is 2. The molecule has 0 aliphatic rings. The summed E-state index contributed by atoms with van der Waals surface area (Å²) in [7, 11) is -1.72. The van der Waals surface area contributed by atoms with Crippen LogP contribution < -0.4 is 16.0 Å². The zero-order valence-electron chi connectivity index (χ0n) is 17.8. The van der Waals surface area contributed by atoms with Crippen LogP contribution in [0.2, 0.25) is 0 Å². The van der Waals surface area contributed by atoms with Crippen molar-refractivity contribution in [2.75, 3.05) is 36.6 Å². The Bertz CT molecular complexity index is 1170. The molecule has 1 heterocycles. The molecule has 0 saturated heterocycles. The number of nitrogens with one attached hydrogen (secondary N) is 3. The van der Waals surface area contributed by atoms with E-state index < -0.39 is 9.84 Å². The maximum Gasteiger partial charge on any atom is 0.251 e. The van der Waals surface area contributed by atoms with E-state index in [4.69, 9.17) is 4.74 Å². The first-order chi connectivity index (χ1) is 15.4. The van der Waals surface area contributed by atoms with Crippen molar-refractivity contribution in [2.45, 2.75) is 11.8 Å². The van der Waals surface area contributed by atoms with Crippen molar-refractivity contribution >= 4 is 38.8 Å². The van der Waals surface area contributed by atoms with E-state index in [-0.39, 0.29) is 16.6 Å². The largest absolute Gasteiger partial charge is 0.383 e. The number of carbonyl (C=O) groups is 1. The zero-order chi connectivity index (χ0) is 23.0. The highest BCUT2D eigenvalue weighted by Gasteiger charge is 2.12. The molecule has 3 N–H and O–H groups in total. The van der Waals surface area contributed by atoms with Gasteiger partial charge in [-0.25, -0.2) is 18.4 Å². The summed E-state index contributed by atoms with van der Waals surface area (Å²) in [4.78, 5) is 20.7. The molecule has 3 aromatic rings. The van der Waals surface area contributed by atoms with Gasteiger partial charge in [0.15, 0.2) is 9.84 Å². The first-order valence-corrected chi connectivity index (χ1v) is 11.6. The van der Waals surface area contributed by atoms with Crippen molar-refractivity contribution in [3.05, 3.63) is 66.5 Å². The molecule has 168 valence electrons. The number of sulfone groups is 1. The summed E-state index contributed by atoms with van der Waals surface area (Å²) in [5, 5.41) is 9.02. The fourth-order valence-electron chi connectivity index (χ4n) is 2.80. The van der Waals surface area contributed by atoms with Crippen LogP contribution in [0.25, 0.3) is 0 Å². The molecule has 0 unspecified atom stereocenters. The molecule has 0 atom stereocenters. The summed E-state index contributed by atoms with van der Waals surface area (Å²) in [5.41, 5.74) is 1.89. The van der Waals surface area contributed by atoms with Crippen molar-refractivity contribution in [2.24, 2.45) is 0 Å². The van der Waals surface area contributed by atoms with Crippen LogP contribution >= 0.6 is 0 Å². The number of carbonyl (C=O) groups excluding carboxylic acids is 1. The molecule has 0 fully saturated rings. The molecule has 2 aromatic carbocycles. The molecule has 10 heteroatoms. The van der Waals surface area contributed by atoms with Crippen molar-refractivity contribution < 1.29 is 17.9 Å². The molecule has 3 rings (SSSR count). The molecular weight excluding hydrogens is 430 g/mol. The highest BCUT2D eigenvalue weighted by Crippen LogP contribution is 2.22.